The van der Waals surface area contributed by atoms with Crippen molar-refractivity contribution in [2.45, 2.75) is 26.1 Å². The molecule has 0 bridgehead atoms. The molecule has 0 aliphatic carbocycles. The molecule has 0 radical (unpaired) electrons. The molecule has 4 heterocycles. The Morgan fingerprint density at radius 3 is 2.72 bits per heavy atom. The average Bonchev–Trinajstić information content (AvgIpc) is 3.57. The third kappa shape index (κ3) is 4.50. The second-order valence-corrected chi connectivity index (χ2v) is 9.12. The number of fused-ring (bicyclic) bond motifs is 2. The third-order valence-corrected chi connectivity index (χ3v) is 6.48. The van der Waals surface area contributed by atoms with Crippen LogP contribution in [0.3, 0.4) is 0 Å². The topological polar surface area (TPSA) is 86.3 Å². The maximum Gasteiger partial charge on any atom is 0.186 e. The number of hydrogen-bond acceptors (Lipinski definition) is 6. The van der Waals surface area contributed by atoms with E-state index in [9.17, 15) is 0 Å². The summed E-state index contributed by atoms with van der Waals surface area (Å²) in [6.45, 7) is 3.30. The number of hydrogen-bond donors (Lipinski definition) is 1. The number of nitrogens with zero attached hydrogens (tertiary/aromatic N) is 7. The molecule has 0 amide bonds. The van der Waals surface area contributed by atoms with Gasteiger partial charge in [-0.3, -0.25) is 14.3 Å². The van der Waals surface area contributed by atoms with Crippen LogP contribution in [0.15, 0.2) is 85.6 Å². The number of pyridine rings is 1. The van der Waals surface area contributed by atoms with E-state index < -0.39 is 0 Å². The first kappa shape index (κ1) is 22.2. The summed E-state index contributed by atoms with van der Waals surface area (Å²) in [6.07, 6.45) is 7.28. The Hall–Kier alpha value is -4.30. The van der Waals surface area contributed by atoms with Gasteiger partial charge in [-0.2, -0.15) is 10.2 Å². The van der Waals surface area contributed by atoms with Crippen LogP contribution in [0.5, 0.6) is 0 Å². The first-order valence-electron chi connectivity index (χ1n) is 11.7. The van der Waals surface area contributed by atoms with Crippen molar-refractivity contribution in [3.63, 3.8) is 0 Å². The minimum absolute atomic E-state index is 0.180. The van der Waals surface area contributed by atoms with Crippen molar-refractivity contribution in [1.29, 1.82) is 0 Å². The number of nitrogens with one attached hydrogen (secondary N) is 1. The van der Waals surface area contributed by atoms with E-state index in [1.807, 2.05) is 58.2 Å². The van der Waals surface area contributed by atoms with E-state index >= 15 is 0 Å². The summed E-state index contributed by atoms with van der Waals surface area (Å²) in [6, 6.07) is 20.4. The van der Waals surface area contributed by atoms with Crippen LogP contribution in [-0.4, -0.2) is 34.5 Å². The van der Waals surface area contributed by atoms with Crippen LogP contribution >= 0.6 is 11.6 Å². The highest BCUT2D eigenvalue weighted by atomic mass is 35.5. The van der Waals surface area contributed by atoms with Crippen molar-refractivity contribution < 1.29 is 0 Å². The zero-order valence-electron chi connectivity index (χ0n) is 19.6. The molecule has 0 aliphatic rings. The van der Waals surface area contributed by atoms with Crippen LogP contribution in [0.1, 0.15) is 29.8 Å². The number of benzene rings is 2. The van der Waals surface area contributed by atoms with Gasteiger partial charge in [0.2, 0.25) is 0 Å². The molecule has 1 N–H and O–H groups in total. The fourth-order valence-corrected chi connectivity index (χ4v) is 4.43. The molecule has 8 nitrogen and oxygen atoms in total. The molecular formula is C27H23ClN8. The largest absolute Gasteiger partial charge is 0.364 e. The minimum Gasteiger partial charge on any atom is -0.364 e. The molecule has 0 saturated heterocycles. The van der Waals surface area contributed by atoms with E-state index in [0.29, 0.717) is 23.8 Å². The lowest BCUT2D eigenvalue weighted by atomic mass is 10.1. The van der Waals surface area contributed by atoms with Crippen LogP contribution in [-0.2, 0) is 13.1 Å². The van der Waals surface area contributed by atoms with Crippen molar-refractivity contribution in [3.8, 4) is 0 Å². The lowest BCUT2D eigenvalue weighted by Crippen LogP contribution is -2.07. The summed E-state index contributed by atoms with van der Waals surface area (Å²) in [4.78, 5) is 13.5. The second kappa shape index (κ2) is 9.39. The summed E-state index contributed by atoms with van der Waals surface area (Å²) < 4.78 is 3.84. The zero-order valence-corrected chi connectivity index (χ0v) is 20.3. The Labute approximate surface area is 212 Å². The summed E-state index contributed by atoms with van der Waals surface area (Å²) in [5.74, 6) is 0.725. The Morgan fingerprint density at radius 2 is 1.89 bits per heavy atom. The van der Waals surface area contributed by atoms with Crippen LogP contribution in [0.2, 0.25) is 5.02 Å². The summed E-state index contributed by atoms with van der Waals surface area (Å²) in [7, 11) is 0. The number of anilines is 1. The monoisotopic (exact) mass is 494 g/mol. The maximum atomic E-state index is 6.13. The van der Waals surface area contributed by atoms with Gasteiger partial charge in [-0.25, -0.2) is 9.97 Å². The van der Waals surface area contributed by atoms with Gasteiger partial charge in [0.05, 0.1) is 35.7 Å². The lowest BCUT2D eigenvalue weighted by molar-refractivity contribution is 0.564. The van der Waals surface area contributed by atoms with Gasteiger partial charge in [0, 0.05) is 29.0 Å². The van der Waals surface area contributed by atoms with Gasteiger partial charge >= 0.3 is 0 Å². The van der Waals surface area contributed by atoms with E-state index in [1.165, 1.54) is 11.9 Å². The predicted octanol–water partition coefficient (Wildman–Crippen LogP) is 5.49. The summed E-state index contributed by atoms with van der Waals surface area (Å²) in [5.41, 5.74) is 4.77. The van der Waals surface area contributed by atoms with Crippen molar-refractivity contribution in [2.75, 3.05) is 5.32 Å². The quantitative estimate of drug-likeness (QED) is 0.315. The highest BCUT2D eigenvalue weighted by molar-refractivity contribution is 6.31. The van der Waals surface area contributed by atoms with Crippen molar-refractivity contribution in [3.05, 3.63) is 107 Å². The fraction of sp³-hybridized carbons (Fsp3) is 0.148. The highest BCUT2D eigenvalue weighted by Crippen LogP contribution is 2.22. The van der Waals surface area contributed by atoms with Gasteiger partial charge in [0.15, 0.2) is 5.65 Å². The van der Waals surface area contributed by atoms with Gasteiger partial charge in [0.25, 0.3) is 0 Å². The van der Waals surface area contributed by atoms with Crippen molar-refractivity contribution >= 4 is 39.4 Å². The van der Waals surface area contributed by atoms with E-state index in [1.54, 1.807) is 6.20 Å². The summed E-state index contributed by atoms with van der Waals surface area (Å²) >= 11 is 6.13. The van der Waals surface area contributed by atoms with E-state index in [-0.39, 0.29) is 6.04 Å². The Kier molecular flexibility index (Phi) is 5.79. The second-order valence-electron chi connectivity index (χ2n) is 8.68. The zero-order chi connectivity index (χ0) is 24.5. The molecule has 178 valence electrons. The third-order valence-electron chi connectivity index (χ3n) is 6.24. The molecule has 0 saturated carbocycles. The lowest BCUT2D eigenvalue weighted by Gasteiger charge is -2.13. The first-order valence-corrected chi connectivity index (χ1v) is 12.1. The predicted molar refractivity (Wildman–Crippen MR) is 141 cm³/mol. The first-order chi connectivity index (χ1) is 17.6. The smallest absolute Gasteiger partial charge is 0.186 e. The molecular weight excluding hydrogens is 472 g/mol. The van der Waals surface area contributed by atoms with E-state index in [2.05, 4.69) is 56.7 Å². The van der Waals surface area contributed by atoms with Gasteiger partial charge in [-0.15, -0.1) is 0 Å². The number of rotatable bonds is 7. The Bertz CT molecular complexity index is 1640. The number of aromatic nitrogens is 7. The molecule has 0 spiro atoms. The minimum atomic E-state index is 0.180. The molecule has 2 aromatic carbocycles. The van der Waals surface area contributed by atoms with Gasteiger partial charge in [0.1, 0.15) is 12.1 Å². The molecule has 6 aromatic rings. The maximum absolute atomic E-state index is 6.13. The molecule has 1 atom stereocenters. The fourth-order valence-electron chi connectivity index (χ4n) is 4.26. The Balaban J connectivity index is 1.18. The normalized spacial score (nSPS) is 12.3. The van der Waals surface area contributed by atoms with Crippen LogP contribution in [0, 0.1) is 0 Å². The van der Waals surface area contributed by atoms with Crippen molar-refractivity contribution in [1.82, 2.24) is 34.5 Å². The number of halogens is 1. The van der Waals surface area contributed by atoms with Crippen LogP contribution in [0.4, 0.5) is 5.82 Å². The molecule has 4 aromatic heterocycles. The molecule has 0 aliphatic heterocycles. The van der Waals surface area contributed by atoms with Gasteiger partial charge in [-0.1, -0.05) is 48.0 Å². The van der Waals surface area contributed by atoms with Gasteiger partial charge < -0.3 is 5.32 Å². The summed E-state index contributed by atoms with van der Waals surface area (Å²) in [5, 5.41) is 15.0. The molecule has 1 unspecified atom stereocenters. The SMILES string of the molecule is CC(c1ccc(Cn2cc3c(NCc4ccc5ccc(Cl)cc5n4)ncnc3n2)cc1)n1cccn1. The molecule has 0 fully saturated rings. The van der Waals surface area contributed by atoms with Gasteiger partial charge in [-0.05, 0) is 42.3 Å². The van der Waals surface area contributed by atoms with Crippen LogP contribution in [0.25, 0.3) is 21.9 Å². The highest BCUT2D eigenvalue weighted by Gasteiger charge is 2.11. The van der Waals surface area contributed by atoms with E-state index in [4.69, 9.17) is 16.6 Å². The van der Waals surface area contributed by atoms with Crippen LogP contribution < -0.4 is 5.32 Å². The Morgan fingerprint density at radius 1 is 1.03 bits per heavy atom. The molecule has 9 heteroatoms. The average molecular weight is 495 g/mol. The molecule has 36 heavy (non-hydrogen) atoms. The van der Waals surface area contributed by atoms with Crippen molar-refractivity contribution in [2.24, 2.45) is 0 Å². The standard InChI is InChI=1S/C27H23ClN8/c1-18(36-12-2-11-32-36)20-5-3-19(4-6-20)15-35-16-24-26(30-17-31-27(24)34-35)29-14-23-10-8-21-7-9-22(28)13-25(21)33-23/h2-13,16-18H,14-15H2,1H3,(H,29,30,31,34). The molecule has 6 rings (SSSR count). The van der Waals surface area contributed by atoms with E-state index in [0.717, 1.165) is 33.4 Å².